The molecule has 0 saturated carbocycles. The lowest BCUT2D eigenvalue weighted by Crippen LogP contribution is -2.49. The first kappa shape index (κ1) is 19.5. The van der Waals surface area contributed by atoms with Crippen LogP contribution in [0.3, 0.4) is 0 Å². The number of hydrogen-bond donors (Lipinski definition) is 1. The van der Waals surface area contributed by atoms with Gasteiger partial charge in [-0.05, 0) is 44.2 Å². The van der Waals surface area contributed by atoms with E-state index >= 15 is 0 Å². The topological polar surface area (TPSA) is 35.6 Å². The van der Waals surface area contributed by atoms with Gasteiger partial charge in [-0.15, -0.1) is 0 Å². The van der Waals surface area contributed by atoms with Gasteiger partial charge in [-0.3, -0.25) is 4.79 Å². The third-order valence-electron chi connectivity index (χ3n) is 5.09. The van der Waals surface area contributed by atoms with Crippen molar-refractivity contribution in [1.82, 2.24) is 15.1 Å². The molecule has 0 aromatic carbocycles. The molecule has 7 heteroatoms. The maximum absolute atomic E-state index is 12.7. The standard InChI is InChI=1S/C17H30F3N3O/c1-3-8-23(13-17(18,19)20)15(24)14-5-4-9-22(10-14)12-16(2)6-7-21-11-16/h14,21H,3-13H2,1-2H3. The van der Waals surface area contributed by atoms with E-state index in [9.17, 15) is 18.0 Å². The van der Waals surface area contributed by atoms with Crippen molar-refractivity contribution in [3.8, 4) is 0 Å². The van der Waals surface area contributed by atoms with Crippen LogP contribution in [0.15, 0.2) is 0 Å². The highest BCUT2D eigenvalue weighted by Crippen LogP contribution is 2.29. The van der Waals surface area contributed by atoms with Crippen LogP contribution in [-0.4, -0.2) is 67.7 Å². The van der Waals surface area contributed by atoms with E-state index < -0.39 is 12.7 Å². The summed E-state index contributed by atoms with van der Waals surface area (Å²) in [4.78, 5) is 15.9. The molecule has 140 valence electrons. The fraction of sp³-hybridized carbons (Fsp3) is 0.941. The lowest BCUT2D eigenvalue weighted by atomic mass is 9.87. The fourth-order valence-corrected chi connectivity index (χ4v) is 3.96. The molecule has 0 aliphatic carbocycles. The van der Waals surface area contributed by atoms with Crippen molar-refractivity contribution >= 4 is 5.91 Å². The number of carbonyl (C=O) groups excluding carboxylic acids is 1. The Labute approximate surface area is 142 Å². The highest BCUT2D eigenvalue weighted by molar-refractivity contribution is 5.79. The lowest BCUT2D eigenvalue weighted by Gasteiger charge is -2.38. The Morgan fingerprint density at radius 3 is 2.75 bits per heavy atom. The van der Waals surface area contributed by atoms with E-state index in [0.29, 0.717) is 19.4 Å². The number of nitrogens with zero attached hydrogens (tertiary/aromatic N) is 2. The minimum atomic E-state index is -4.33. The van der Waals surface area contributed by atoms with Crippen LogP contribution in [0, 0.1) is 11.3 Å². The number of carbonyl (C=O) groups is 1. The highest BCUT2D eigenvalue weighted by atomic mass is 19.4. The molecule has 2 rings (SSSR count). The van der Waals surface area contributed by atoms with Crippen molar-refractivity contribution in [2.24, 2.45) is 11.3 Å². The fourth-order valence-electron chi connectivity index (χ4n) is 3.96. The van der Waals surface area contributed by atoms with Crippen LogP contribution in [0.4, 0.5) is 13.2 Å². The zero-order valence-electron chi connectivity index (χ0n) is 14.8. The van der Waals surface area contributed by atoms with Crippen molar-refractivity contribution in [3.63, 3.8) is 0 Å². The van der Waals surface area contributed by atoms with Gasteiger partial charge in [0.1, 0.15) is 6.54 Å². The third-order valence-corrected chi connectivity index (χ3v) is 5.09. The molecule has 24 heavy (non-hydrogen) atoms. The molecule has 1 N–H and O–H groups in total. The molecular weight excluding hydrogens is 319 g/mol. The van der Waals surface area contributed by atoms with Crippen LogP contribution >= 0.6 is 0 Å². The van der Waals surface area contributed by atoms with Crippen molar-refractivity contribution in [2.75, 3.05) is 45.8 Å². The van der Waals surface area contributed by atoms with Crippen LogP contribution in [0.25, 0.3) is 0 Å². The summed E-state index contributed by atoms with van der Waals surface area (Å²) in [6.45, 7) is 7.52. The first-order valence-electron chi connectivity index (χ1n) is 9.01. The zero-order valence-corrected chi connectivity index (χ0v) is 14.8. The number of hydrogen-bond acceptors (Lipinski definition) is 3. The molecule has 0 aromatic heterocycles. The van der Waals surface area contributed by atoms with E-state index in [2.05, 4.69) is 17.1 Å². The summed E-state index contributed by atoms with van der Waals surface area (Å²) >= 11 is 0. The first-order chi connectivity index (χ1) is 11.2. The molecule has 0 bridgehead atoms. The van der Waals surface area contributed by atoms with Gasteiger partial charge in [-0.1, -0.05) is 13.8 Å². The van der Waals surface area contributed by atoms with E-state index in [-0.39, 0.29) is 23.8 Å². The number of amides is 1. The number of halogens is 3. The molecule has 2 heterocycles. The molecule has 0 aromatic rings. The molecule has 1 amide bonds. The Balaban J connectivity index is 1.94. The minimum absolute atomic E-state index is 0.177. The monoisotopic (exact) mass is 349 g/mol. The highest BCUT2D eigenvalue weighted by Gasteiger charge is 2.38. The number of rotatable bonds is 6. The summed E-state index contributed by atoms with van der Waals surface area (Å²) in [7, 11) is 0. The quantitative estimate of drug-likeness (QED) is 0.800. The van der Waals surface area contributed by atoms with Gasteiger partial charge < -0.3 is 15.1 Å². The molecule has 2 saturated heterocycles. The molecule has 4 nitrogen and oxygen atoms in total. The molecule has 2 fully saturated rings. The van der Waals surface area contributed by atoms with Crippen molar-refractivity contribution < 1.29 is 18.0 Å². The SMILES string of the molecule is CCCN(CC(F)(F)F)C(=O)C1CCCN(CC2(C)CCNC2)C1. The maximum atomic E-state index is 12.7. The van der Waals surface area contributed by atoms with Crippen LogP contribution in [0.2, 0.25) is 0 Å². The van der Waals surface area contributed by atoms with Gasteiger partial charge >= 0.3 is 6.18 Å². The summed E-state index contributed by atoms with van der Waals surface area (Å²) < 4.78 is 38.2. The summed E-state index contributed by atoms with van der Waals surface area (Å²) in [6, 6.07) is 0. The Morgan fingerprint density at radius 1 is 1.42 bits per heavy atom. The van der Waals surface area contributed by atoms with Crippen molar-refractivity contribution in [1.29, 1.82) is 0 Å². The Kier molecular flexibility index (Phi) is 6.53. The number of piperidine rings is 1. The number of nitrogens with one attached hydrogen (secondary N) is 1. The summed E-state index contributed by atoms with van der Waals surface area (Å²) in [5, 5.41) is 3.37. The molecule has 0 spiro atoms. The van der Waals surface area contributed by atoms with Crippen molar-refractivity contribution in [2.45, 2.75) is 45.7 Å². The van der Waals surface area contributed by atoms with E-state index in [1.165, 1.54) is 0 Å². The van der Waals surface area contributed by atoms with Gasteiger partial charge in [-0.25, -0.2) is 0 Å². The van der Waals surface area contributed by atoms with E-state index in [0.717, 1.165) is 43.9 Å². The first-order valence-corrected chi connectivity index (χ1v) is 9.01. The van der Waals surface area contributed by atoms with Crippen molar-refractivity contribution in [3.05, 3.63) is 0 Å². The van der Waals surface area contributed by atoms with Gasteiger partial charge in [0.05, 0.1) is 5.92 Å². The largest absolute Gasteiger partial charge is 0.406 e. The maximum Gasteiger partial charge on any atom is 0.406 e. The van der Waals surface area contributed by atoms with Gasteiger partial charge in [0, 0.05) is 26.2 Å². The molecule has 2 aliphatic rings. The lowest BCUT2D eigenvalue weighted by molar-refractivity contribution is -0.165. The predicted octanol–water partition coefficient (Wildman–Crippen LogP) is 2.50. The molecule has 2 atom stereocenters. The summed E-state index contributed by atoms with van der Waals surface area (Å²) in [5.74, 6) is -0.626. The van der Waals surface area contributed by atoms with Gasteiger partial charge in [0.15, 0.2) is 0 Å². The minimum Gasteiger partial charge on any atom is -0.333 e. The van der Waals surface area contributed by atoms with Crippen LogP contribution in [0.5, 0.6) is 0 Å². The van der Waals surface area contributed by atoms with Gasteiger partial charge in [0.25, 0.3) is 0 Å². The predicted molar refractivity (Wildman–Crippen MR) is 87.7 cm³/mol. The van der Waals surface area contributed by atoms with E-state index in [1.807, 2.05) is 0 Å². The Bertz CT molecular complexity index is 422. The van der Waals surface area contributed by atoms with E-state index in [1.54, 1.807) is 6.92 Å². The number of likely N-dealkylation sites (tertiary alicyclic amines) is 1. The second-order valence-electron chi connectivity index (χ2n) is 7.69. The second-order valence-corrected chi connectivity index (χ2v) is 7.69. The zero-order chi connectivity index (χ0) is 17.8. The van der Waals surface area contributed by atoms with E-state index in [4.69, 9.17) is 0 Å². The second kappa shape index (κ2) is 8.04. The Hall–Kier alpha value is -0.820. The average molecular weight is 349 g/mol. The normalized spacial score (nSPS) is 29.0. The van der Waals surface area contributed by atoms with Gasteiger partial charge in [-0.2, -0.15) is 13.2 Å². The third kappa shape index (κ3) is 5.62. The Morgan fingerprint density at radius 2 is 2.17 bits per heavy atom. The molecule has 0 radical (unpaired) electrons. The van der Waals surface area contributed by atoms with Gasteiger partial charge in [0.2, 0.25) is 5.91 Å². The number of alkyl halides is 3. The molecule has 2 unspecified atom stereocenters. The molecule has 2 aliphatic heterocycles. The smallest absolute Gasteiger partial charge is 0.333 e. The summed E-state index contributed by atoms with van der Waals surface area (Å²) in [5.41, 5.74) is 0.208. The molecular formula is C17H30F3N3O. The summed E-state index contributed by atoms with van der Waals surface area (Å²) in [6.07, 6.45) is -1.10. The average Bonchev–Trinajstić information content (AvgIpc) is 2.91. The van der Waals surface area contributed by atoms with Crippen LogP contribution < -0.4 is 5.32 Å². The van der Waals surface area contributed by atoms with Crippen LogP contribution in [-0.2, 0) is 4.79 Å². The van der Waals surface area contributed by atoms with Crippen LogP contribution in [0.1, 0.15) is 39.5 Å².